The van der Waals surface area contributed by atoms with Crippen LogP contribution in [-0.4, -0.2) is 76.7 Å². The molecule has 35 heavy (non-hydrogen) atoms. The zero-order valence-electron chi connectivity index (χ0n) is 19.8. The van der Waals surface area contributed by atoms with Crippen LogP contribution in [0.25, 0.3) is 0 Å². The van der Waals surface area contributed by atoms with E-state index in [-0.39, 0.29) is 18.8 Å². The van der Waals surface area contributed by atoms with E-state index in [0.29, 0.717) is 18.5 Å². The molecule has 0 aliphatic rings. The number of guanidine groups is 1. The van der Waals surface area contributed by atoms with E-state index >= 15 is 0 Å². The van der Waals surface area contributed by atoms with Crippen LogP contribution in [0.3, 0.4) is 0 Å². The van der Waals surface area contributed by atoms with E-state index in [1.807, 2.05) is 0 Å². The standard InChI is InChI=1S/C22H35N7O6/c1-12(27-19(32)15(23)9-6-10-26-22(24)25)18(31)28-16(11-14-7-4-3-5-8-14)20(33)29-17(13(2)30)21(34)35/h3-5,7-8,12-13,15-17,30H,6,9-11,23H2,1-2H3,(H,27,32)(H,28,31)(H,29,33)(H,34,35)(H4,24,25,26). The Morgan fingerprint density at radius 1 is 0.971 bits per heavy atom. The van der Waals surface area contributed by atoms with E-state index in [1.165, 1.54) is 13.8 Å². The molecule has 3 amide bonds. The Bertz CT molecular complexity index is 890. The number of nitrogens with zero attached hydrogens (tertiary/aromatic N) is 1. The van der Waals surface area contributed by atoms with Gasteiger partial charge in [0, 0.05) is 13.0 Å². The molecule has 1 rings (SSSR count). The van der Waals surface area contributed by atoms with Crippen molar-refractivity contribution in [2.45, 2.75) is 63.4 Å². The number of hydrogen-bond donors (Lipinski definition) is 8. The molecule has 0 radical (unpaired) electrons. The van der Waals surface area contributed by atoms with Crippen LogP contribution < -0.4 is 33.2 Å². The minimum Gasteiger partial charge on any atom is -0.480 e. The van der Waals surface area contributed by atoms with Gasteiger partial charge in [-0.2, -0.15) is 0 Å². The molecule has 0 aromatic heterocycles. The largest absolute Gasteiger partial charge is 0.480 e. The number of nitrogens with one attached hydrogen (secondary N) is 3. The van der Waals surface area contributed by atoms with E-state index in [2.05, 4.69) is 20.9 Å². The number of amides is 3. The van der Waals surface area contributed by atoms with Crippen LogP contribution in [-0.2, 0) is 25.6 Å². The Labute approximate surface area is 203 Å². The van der Waals surface area contributed by atoms with Crippen molar-refractivity contribution in [1.29, 1.82) is 0 Å². The number of carboxylic acid groups (broad SMARTS) is 1. The first kappa shape index (κ1) is 29.3. The molecule has 1 aromatic carbocycles. The summed E-state index contributed by atoms with van der Waals surface area (Å²) < 4.78 is 0. The van der Waals surface area contributed by atoms with Gasteiger partial charge in [0.15, 0.2) is 12.0 Å². The maximum absolute atomic E-state index is 12.8. The fourth-order valence-electron chi connectivity index (χ4n) is 3.03. The average Bonchev–Trinajstić information content (AvgIpc) is 2.79. The lowest BCUT2D eigenvalue weighted by atomic mass is 10.0. The molecule has 0 saturated carbocycles. The SMILES string of the molecule is CC(NC(=O)C(N)CCCN=C(N)N)C(=O)NC(Cc1ccccc1)C(=O)NC(C(=O)O)C(C)O. The van der Waals surface area contributed by atoms with Gasteiger partial charge in [0.25, 0.3) is 0 Å². The van der Waals surface area contributed by atoms with E-state index in [4.69, 9.17) is 17.2 Å². The average molecular weight is 494 g/mol. The molecule has 0 saturated heterocycles. The lowest BCUT2D eigenvalue weighted by Gasteiger charge is -2.24. The zero-order chi connectivity index (χ0) is 26.5. The minimum absolute atomic E-state index is 0.0511. The summed E-state index contributed by atoms with van der Waals surface area (Å²) in [4.78, 5) is 53.0. The molecule has 5 atom stereocenters. The van der Waals surface area contributed by atoms with Gasteiger partial charge < -0.3 is 43.4 Å². The smallest absolute Gasteiger partial charge is 0.328 e. The van der Waals surface area contributed by atoms with E-state index in [1.54, 1.807) is 30.3 Å². The highest BCUT2D eigenvalue weighted by molar-refractivity contribution is 5.94. The number of hydrogen-bond acceptors (Lipinski definition) is 7. The summed E-state index contributed by atoms with van der Waals surface area (Å²) in [5, 5.41) is 26.2. The van der Waals surface area contributed by atoms with Crippen LogP contribution >= 0.6 is 0 Å². The number of nitrogens with two attached hydrogens (primary N) is 3. The number of carbonyl (C=O) groups excluding carboxylic acids is 3. The molecule has 0 spiro atoms. The van der Waals surface area contributed by atoms with Crippen molar-refractivity contribution in [2.75, 3.05) is 6.54 Å². The predicted octanol–water partition coefficient (Wildman–Crippen LogP) is -2.45. The number of carbonyl (C=O) groups is 4. The number of carboxylic acids is 1. The van der Waals surface area contributed by atoms with Gasteiger partial charge in [0.05, 0.1) is 12.1 Å². The third-order valence-electron chi connectivity index (χ3n) is 5.02. The van der Waals surface area contributed by atoms with Crippen molar-refractivity contribution in [3.63, 3.8) is 0 Å². The number of aliphatic carboxylic acids is 1. The second-order valence-corrected chi connectivity index (χ2v) is 8.10. The first-order valence-corrected chi connectivity index (χ1v) is 11.1. The number of rotatable bonds is 14. The Morgan fingerprint density at radius 2 is 1.60 bits per heavy atom. The van der Waals surface area contributed by atoms with E-state index in [9.17, 15) is 29.4 Å². The van der Waals surface area contributed by atoms with Gasteiger partial charge in [0.1, 0.15) is 12.1 Å². The molecule has 0 aliphatic heterocycles. The topological polar surface area (TPSA) is 235 Å². The summed E-state index contributed by atoms with van der Waals surface area (Å²) in [6.07, 6.45) is -0.571. The Kier molecular flexibility index (Phi) is 12.2. The molecular weight excluding hydrogens is 458 g/mol. The molecule has 0 heterocycles. The van der Waals surface area contributed by atoms with Crippen molar-refractivity contribution >= 4 is 29.7 Å². The monoisotopic (exact) mass is 493 g/mol. The molecule has 194 valence electrons. The lowest BCUT2D eigenvalue weighted by molar-refractivity contribution is -0.145. The van der Waals surface area contributed by atoms with Crippen LogP contribution in [0.5, 0.6) is 0 Å². The fourth-order valence-corrected chi connectivity index (χ4v) is 3.03. The molecule has 0 fully saturated rings. The molecular formula is C22H35N7O6. The summed E-state index contributed by atoms with van der Waals surface area (Å²) >= 11 is 0. The highest BCUT2D eigenvalue weighted by atomic mass is 16.4. The van der Waals surface area contributed by atoms with E-state index < -0.39 is 54.0 Å². The van der Waals surface area contributed by atoms with Crippen molar-refractivity contribution in [2.24, 2.45) is 22.2 Å². The van der Waals surface area contributed by atoms with Crippen LogP contribution in [0.1, 0.15) is 32.3 Å². The van der Waals surface area contributed by atoms with Crippen LogP contribution in [0.15, 0.2) is 35.3 Å². The lowest BCUT2D eigenvalue weighted by Crippen LogP contribution is -2.58. The van der Waals surface area contributed by atoms with Gasteiger partial charge in [0.2, 0.25) is 17.7 Å². The minimum atomic E-state index is -1.56. The second kappa shape index (κ2) is 14.5. The van der Waals surface area contributed by atoms with Crippen LogP contribution in [0.4, 0.5) is 0 Å². The third kappa shape index (κ3) is 10.8. The van der Waals surface area contributed by atoms with Gasteiger partial charge in [-0.05, 0) is 32.3 Å². The maximum atomic E-state index is 12.8. The van der Waals surface area contributed by atoms with Gasteiger partial charge in [-0.25, -0.2) is 4.79 Å². The first-order chi connectivity index (χ1) is 16.4. The third-order valence-corrected chi connectivity index (χ3v) is 5.02. The maximum Gasteiger partial charge on any atom is 0.328 e. The van der Waals surface area contributed by atoms with Crippen molar-refractivity contribution in [3.05, 3.63) is 35.9 Å². The normalized spacial score (nSPS) is 15.0. The molecule has 0 bridgehead atoms. The quantitative estimate of drug-likeness (QED) is 0.0778. The van der Waals surface area contributed by atoms with Crippen molar-refractivity contribution in [3.8, 4) is 0 Å². The molecule has 13 nitrogen and oxygen atoms in total. The number of aliphatic imine (C=N–C) groups is 1. The molecule has 13 heteroatoms. The zero-order valence-corrected chi connectivity index (χ0v) is 19.8. The number of benzene rings is 1. The summed E-state index contributed by atoms with van der Waals surface area (Å²) in [5.41, 5.74) is 17.0. The predicted molar refractivity (Wildman–Crippen MR) is 129 cm³/mol. The van der Waals surface area contributed by atoms with Crippen molar-refractivity contribution in [1.82, 2.24) is 16.0 Å². The molecule has 11 N–H and O–H groups in total. The Hall–Kier alpha value is -3.71. The summed E-state index contributed by atoms with van der Waals surface area (Å²) in [6.45, 7) is 2.95. The van der Waals surface area contributed by atoms with Gasteiger partial charge in [-0.1, -0.05) is 30.3 Å². The molecule has 1 aromatic rings. The number of aliphatic hydroxyl groups is 1. The summed E-state index contributed by atoms with van der Waals surface area (Å²) in [7, 11) is 0. The van der Waals surface area contributed by atoms with Gasteiger partial charge >= 0.3 is 5.97 Å². The van der Waals surface area contributed by atoms with Gasteiger partial charge in [-0.3, -0.25) is 19.4 Å². The van der Waals surface area contributed by atoms with Gasteiger partial charge in [-0.15, -0.1) is 0 Å². The van der Waals surface area contributed by atoms with Crippen LogP contribution in [0.2, 0.25) is 0 Å². The summed E-state index contributed by atoms with van der Waals surface area (Å²) in [5.74, 6) is -3.53. The Morgan fingerprint density at radius 3 is 2.14 bits per heavy atom. The fraction of sp³-hybridized carbons (Fsp3) is 0.500. The molecule has 5 unspecified atom stereocenters. The Balaban J connectivity index is 2.82. The highest BCUT2D eigenvalue weighted by Crippen LogP contribution is 2.06. The van der Waals surface area contributed by atoms with Crippen molar-refractivity contribution < 1.29 is 29.4 Å². The first-order valence-electron chi connectivity index (χ1n) is 11.1. The van der Waals surface area contributed by atoms with E-state index in [0.717, 1.165) is 0 Å². The molecule has 0 aliphatic carbocycles. The second-order valence-electron chi connectivity index (χ2n) is 8.10. The highest BCUT2D eigenvalue weighted by Gasteiger charge is 2.31. The summed E-state index contributed by atoms with van der Waals surface area (Å²) in [6, 6.07) is 4.09. The van der Waals surface area contributed by atoms with Crippen LogP contribution in [0, 0.1) is 0 Å². The number of aliphatic hydroxyl groups excluding tert-OH is 1.